The van der Waals surface area contributed by atoms with Crippen LogP contribution in [0.25, 0.3) is 99.5 Å². The fourth-order valence-electron chi connectivity index (χ4n) is 10.7. The van der Waals surface area contributed by atoms with Crippen LogP contribution in [0.2, 0.25) is 0 Å². The van der Waals surface area contributed by atoms with Crippen LogP contribution in [0.4, 0.5) is 0 Å². The van der Waals surface area contributed by atoms with Gasteiger partial charge in [0.2, 0.25) is 0 Å². The SMILES string of the molecule is c1ccc(-c2ccc(C(c3ccc(-c4ccccc4)cc3)c3ccc(-n4c5ccccc5c5cc(-c6ccc7c(c6)c6cc(-c8ccccc8)ccc6n7-c6ccccc6)ccc54)cc3)cc2)cc1. The number of fused-ring (bicyclic) bond motifs is 6. The van der Waals surface area contributed by atoms with E-state index < -0.39 is 0 Å². The maximum Gasteiger partial charge on any atom is 0.0541 e. The largest absolute Gasteiger partial charge is 0.309 e. The van der Waals surface area contributed by atoms with E-state index in [0.29, 0.717) is 0 Å². The fraction of sp³-hybridized carbons (Fsp3) is 0.0149. The molecule has 13 rings (SSSR count). The van der Waals surface area contributed by atoms with Crippen molar-refractivity contribution in [1.82, 2.24) is 9.13 Å². The van der Waals surface area contributed by atoms with E-state index in [-0.39, 0.29) is 5.92 Å². The van der Waals surface area contributed by atoms with Crippen molar-refractivity contribution in [2.45, 2.75) is 5.92 Å². The minimum Gasteiger partial charge on any atom is -0.309 e. The van der Waals surface area contributed by atoms with Gasteiger partial charge >= 0.3 is 0 Å². The summed E-state index contributed by atoms with van der Waals surface area (Å²) in [6.07, 6.45) is 0. The van der Waals surface area contributed by atoms with Crippen molar-refractivity contribution in [3.8, 4) is 55.9 Å². The molecule has 2 heterocycles. The number of nitrogens with zero attached hydrogens (tertiary/aromatic N) is 2. The minimum atomic E-state index is 0.0541. The van der Waals surface area contributed by atoms with Crippen LogP contribution in [0.1, 0.15) is 22.6 Å². The molecule has 0 radical (unpaired) electrons. The first-order valence-corrected chi connectivity index (χ1v) is 23.9. The lowest BCUT2D eigenvalue weighted by atomic mass is 9.84. The molecule has 0 saturated heterocycles. The molecule has 69 heavy (non-hydrogen) atoms. The highest BCUT2D eigenvalue weighted by molar-refractivity contribution is 6.13. The smallest absolute Gasteiger partial charge is 0.0541 e. The van der Waals surface area contributed by atoms with Crippen molar-refractivity contribution in [3.63, 3.8) is 0 Å². The number of benzene rings is 11. The van der Waals surface area contributed by atoms with Gasteiger partial charge in [0.05, 0.1) is 22.1 Å². The highest BCUT2D eigenvalue weighted by Crippen LogP contribution is 2.41. The standard InChI is InChI=1S/C67H46N2/c1-5-15-46(16-6-1)49-25-29-51(30-26-49)67(52-31-27-50(28-32-52)47-17-7-2-8-18-47)53-33-38-58(39-34-53)69-63-24-14-13-23-59(63)60-44-55(36-41-64(60)69)56-37-42-66-62(45-56)61-43-54(48-19-9-3-10-20-48)35-40-65(61)68(66)57-21-11-4-12-22-57/h1-45,67H. The van der Waals surface area contributed by atoms with Crippen LogP contribution in [-0.2, 0) is 0 Å². The van der Waals surface area contributed by atoms with Crippen LogP contribution >= 0.6 is 0 Å². The van der Waals surface area contributed by atoms with Gasteiger partial charge in [-0.05, 0) is 128 Å². The highest BCUT2D eigenvalue weighted by atomic mass is 15.0. The number of para-hydroxylation sites is 2. The zero-order valence-electron chi connectivity index (χ0n) is 38.0. The number of rotatable bonds is 9. The summed E-state index contributed by atoms with van der Waals surface area (Å²) in [6.45, 7) is 0. The van der Waals surface area contributed by atoms with Crippen molar-refractivity contribution in [1.29, 1.82) is 0 Å². The van der Waals surface area contributed by atoms with E-state index in [9.17, 15) is 0 Å². The van der Waals surface area contributed by atoms with Gasteiger partial charge in [0, 0.05) is 38.8 Å². The van der Waals surface area contributed by atoms with Gasteiger partial charge in [0.1, 0.15) is 0 Å². The van der Waals surface area contributed by atoms with Gasteiger partial charge in [0.25, 0.3) is 0 Å². The Morgan fingerprint density at radius 2 is 0.493 bits per heavy atom. The third-order valence-corrected chi connectivity index (χ3v) is 14.1. The Morgan fingerprint density at radius 1 is 0.203 bits per heavy atom. The Kier molecular flexibility index (Phi) is 9.95. The summed E-state index contributed by atoms with van der Waals surface area (Å²) in [7, 11) is 0. The van der Waals surface area contributed by atoms with Gasteiger partial charge < -0.3 is 9.13 Å². The van der Waals surface area contributed by atoms with Crippen molar-refractivity contribution in [2.75, 3.05) is 0 Å². The van der Waals surface area contributed by atoms with Gasteiger partial charge in [-0.3, -0.25) is 0 Å². The molecule has 0 aliphatic carbocycles. The zero-order valence-corrected chi connectivity index (χ0v) is 38.0. The van der Waals surface area contributed by atoms with Crippen molar-refractivity contribution >= 4 is 43.6 Å². The lowest BCUT2D eigenvalue weighted by molar-refractivity contribution is 0.975. The van der Waals surface area contributed by atoms with Crippen LogP contribution in [0.3, 0.4) is 0 Å². The second-order valence-corrected chi connectivity index (χ2v) is 18.1. The second-order valence-electron chi connectivity index (χ2n) is 18.1. The highest BCUT2D eigenvalue weighted by Gasteiger charge is 2.20. The first-order chi connectivity index (χ1) is 34.2. The van der Waals surface area contributed by atoms with Crippen molar-refractivity contribution in [3.05, 3.63) is 290 Å². The van der Waals surface area contributed by atoms with E-state index in [4.69, 9.17) is 0 Å². The predicted octanol–water partition coefficient (Wildman–Crippen LogP) is 17.7. The monoisotopic (exact) mass is 878 g/mol. The Balaban J connectivity index is 0.897. The molecule has 11 aromatic carbocycles. The minimum absolute atomic E-state index is 0.0541. The van der Waals surface area contributed by atoms with Crippen LogP contribution in [0.15, 0.2) is 273 Å². The van der Waals surface area contributed by atoms with Gasteiger partial charge in [-0.25, -0.2) is 0 Å². The van der Waals surface area contributed by atoms with Gasteiger partial charge in [-0.2, -0.15) is 0 Å². The van der Waals surface area contributed by atoms with Gasteiger partial charge in [0.15, 0.2) is 0 Å². The number of hydrogen-bond donors (Lipinski definition) is 0. The molecule has 2 aromatic heterocycles. The van der Waals surface area contributed by atoms with Gasteiger partial charge in [-0.15, -0.1) is 0 Å². The first-order valence-electron chi connectivity index (χ1n) is 23.9. The maximum absolute atomic E-state index is 2.43. The summed E-state index contributed by atoms with van der Waals surface area (Å²) in [5, 5.41) is 4.96. The number of aromatic nitrogens is 2. The lowest BCUT2D eigenvalue weighted by Crippen LogP contribution is -2.04. The van der Waals surface area contributed by atoms with E-state index in [0.717, 1.165) is 11.4 Å². The van der Waals surface area contributed by atoms with E-state index in [1.165, 1.54) is 105 Å². The summed E-state index contributed by atoms with van der Waals surface area (Å²) < 4.78 is 4.83. The molecule has 0 spiro atoms. The Labute approximate surface area is 402 Å². The molecule has 0 aliphatic rings. The lowest BCUT2D eigenvalue weighted by Gasteiger charge is -2.21. The summed E-state index contributed by atoms with van der Waals surface area (Å²) in [5.41, 5.74) is 20.6. The zero-order chi connectivity index (χ0) is 45.7. The van der Waals surface area contributed by atoms with E-state index in [1.807, 2.05) is 0 Å². The topological polar surface area (TPSA) is 9.86 Å². The predicted molar refractivity (Wildman–Crippen MR) is 291 cm³/mol. The summed E-state index contributed by atoms with van der Waals surface area (Å²) in [5.74, 6) is 0.0541. The molecule has 2 heteroatoms. The molecule has 0 unspecified atom stereocenters. The van der Waals surface area contributed by atoms with E-state index >= 15 is 0 Å². The van der Waals surface area contributed by atoms with Crippen LogP contribution in [-0.4, -0.2) is 9.13 Å². The van der Waals surface area contributed by atoms with Crippen LogP contribution in [0, 0.1) is 0 Å². The van der Waals surface area contributed by atoms with Crippen LogP contribution in [0.5, 0.6) is 0 Å². The molecule has 0 bridgehead atoms. The Morgan fingerprint density at radius 3 is 0.942 bits per heavy atom. The average Bonchev–Trinajstić information content (AvgIpc) is 3.94. The molecular formula is C67H46N2. The van der Waals surface area contributed by atoms with Crippen molar-refractivity contribution < 1.29 is 0 Å². The van der Waals surface area contributed by atoms with E-state index in [2.05, 4.69) is 282 Å². The maximum atomic E-state index is 2.43. The van der Waals surface area contributed by atoms with Crippen molar-refractivity contribution in [2.24, 2.45) is 0 Å². The molecule has 0 fully saturated rings. The molecule has 0 atom stereocenters. The quantitative estimate of drug-likeness (QED) is 0.128. The molecule has 0 amide bonds. The molecule has 324 valence electrons. The Bertz CT molecular complexity index is 3860. The summed E-state index contributed by atoms with van der Waals surface area (Å²) in [4.78, 5) is 0. The fourth-order valence-corrected chi connectivity index (χ4v) is 10.7. The molecular weight excluding hydrogens is 833 g/mol. The second kappa shape index (κ2) is 17.0. The molecule has 0 N–H and O–H groups in total. The molecule has 2 nitrogen and oxygen atoms in total. The molecule has 0 saturated carbocycles. The van der Waals surface area contributed by atoms with Crippen LogP contribution < -0.4 is 0 Å². The first kappa shape index (κ1) is 40.3. The van der Waals surface area contributed by atoms with E-state index in [1.54, 1.807) is 0 Å². The normalized spacial score (nSPS) is 11.6. The third-order valence-electron chi connectivity index (χ3n) is 14.1. The Hall–Kier alpha value is -8.98. The van der Waals surface area contributed by atoms with Gasteiger partial charge in [-0.1, -0.05) is 206 Å². The average molecular weight is 879 g/mol. The summed E-state index contributed by atoms with van der Waals surface area (Å²) in [6, 6.07) is 99.9. The third kappa shape index (κ3) is 7.22. The number of hydrogen-bond acceptors (Lipinski definition) is 0. The molecule has 0 aliphatic heterocycles. The summed E-state index contributed by atoms with van der Waals surface area (Å²) >= 11 is 0. The molecule has 13 aromatic rings.